The summed E-state index contributed by atoms with van der Waals surface area (Å²) in [7, 11) is 0. The highest BCUT2D eigenvalue weighted by atomic mass is 79.9. The summed E-state index contributed by atoms with van der Waals surface area (Å²) in [6.45, 7) is 9.52. The molecule has 0 aromatic heterocycles. The summed E-state index contributed by atoms with van der Waals surface area (Å²) in [6.07, 6.45) is 2.25. The molecule has 0 aliphatic carbocycles. The molecule has 0 fully saturated rings. The number of rotatable bonds is 8. The summed E-state index contributed by atoms with van der Waals surface area (Å²) in [5.41, 5.74) is 1.07. The maximum Gasteiger partial charge on any atom is 0.162 e. The van der Waals surface area contributed by atoms with Crippen molar-refractivity contribution in [2.24, 2.45) is 5.92 Å². The fourth-order valence-corrected chi connectivity index (χ4v) is 3.21. The Morgan fingerprint density at radius 2 is 1.65 bits per heavy atom. The van der Waals surface area contributed by atoms with E-state index >= 15 is 0 Å². The topological polar surface area (TPSA) is 18.5 Å². The van der Waals surface area contributed by atoms with Crippen molar-refractivity contribution < 1.29 is 9.47 Å². The zero-order chi connectivity index (χ0) is 15.1. The Hall–Kier alpha value is -0.410. The van der Waals surface area contributed by atoms with Crippen LogP contribution in [0.5, 0.6) is 11.5 Å². The van der Waals surface area contributed by atoms with E-state index in [2.05, 4.69) is 29.8 Å². The van der Waals surface area contributed by atoms with Gasteiger partial charge in [-0.15, -0.1) is 11.6 Å². The largest absolute Gasteiger partial charge is 0.490 e. The second kappa shape index (κ2) is 8.78. The molecule has 2 nitrogen and oxygen atoms in total. The first-order chi connectivity index (χ1) is 9.54. The van der Waals surface area contributed by atoms with Gasteiger partial charge < -0.3 is 9.47 Å². The van der Waals surface area contributed by atoms with Crippen LogP contribution in [0, 0.1) is 5.92 Å². The molecule has 2 unspecified atom stereocenters. The monoisotopic (exact) mass is 362 g/mol. The molecule has 2 atom stereocenters. The number of benzene rings is 1. The fraction of sp³-hybridized carbons (Fsp3) is 0.625. The highest BCUT2D eigenvalue weighted by Crippen LogP contribution is 2.41. The molecule has 1 rings (SSSR count). The van der Waals surface area contributed by atoms with Crippen molar-refractivity contribution in [2.45, 2.75) is 45.9 Å². The summed E-state index contributed by atoms with van der Waals surface area (Å²) in [6, 6.07) is 3.96. The first-order valence-electron chi connectivity index (χ1n) is 7.28. The molecular weight excluding hydrogens is 340 g/mol. The predicted octanol–water partition coefficient (Wildman–Crippen LogP) is 5.96. The van der Waals surface area contributed by atoms with Gasteiger partial charge in [-0.1, -0.05) is 36.2 Å². The molecule has 0 aliphatic heterocycles. The quantitative estimate of drug-likeness (QED) is 0.530. The van der Waals surface area contributed by atoms with Gasteiger partial charge in [-0.3, -0.25) is 0 Å². The maximum absolute atomic E-state index is 6.62. The Morgan fingerprint density at radius 3 is 2.15 bits per heavy atom. The molecule has 0 spiro atoms. The van der Waals surface area contributed by atoms with Gasteiger partial charge in [0, 0.05) is 4.47 Å². The third kappa shape index (κ3) is 4.56. The normalized spacial score (nSPS) is 13.9. The third-order valence-corrected chi connectivity index (χ3v) is 4.56. The first-order valence-corrected chi connectivity index (χ1v) is 8.51. The highest BCUT2D eigenvalue weighted by molar-refractivity contribution is 9.10. The van der Waals surface area contributed by atoms with Gasteiger partial charge in [-0.25, -0.2) is 0 Å². The molecule has 0 amide bonds. The summed E-state index contributed by atoms with van der Waals surface area (Å²) >= 11 is 10.2. The third-order valence-electron chi connectivity index (χ3n) is 3.20. The van der Waals surface area contributed by atoms with Crippen LogP contribution < -0.4 is 9.47 Å². The molecule has 20 heavy (non-hydrogen) atoms. The van der Waals surface area contributed by atoms with Crippen LogP contribution in [0.25, 0.3) is 0 Å². The van der Waals surface area contributed by atoms with Gasteiger partial charge in [0.25, 0.3) is 0 Å². The van der Waals surface area contributed by atoms with Crippen molar-refractivity contribution >= 4 is 27.5 Å². The van der Waals surface area contributed by atoms with Gasteiger partial charge in [0.05, 0.1) is 18.6 Å². The van der Waals surface area contributed by atoms with Gasteiger partial charge in [-0.2, -0.15) is 0 Å². The van der Waals surface area contributed by atoms with Gasteiger partial charge in [-0.05, 0) is 43.9 Å². The van der Waals surface area contributed by atoms with Gasteiger partial charge in [0.1, 0.15) is 0 Å². The second-order valence-electron chi connectivity index (χ2n) is 4.85. The van der Waals surface area contributed by atoms with Crippen molar-refractivity contribution in [1.29, 1.82) is 0 Å². The van der Waals surface area contributed by atoms with Crippen LogP contribution >= 0.6 is 27.5 Å². The van der Waals surface area contributed by atoms with Crippen molar-refractivity contribution in [1.82, 2.24) is 0 Å². The van der Waals surface area contributed by atoms with Crippen molar-refractivity contribution in [3.05, 3.63) is 22.2 Å². The average Bonchev–Trinajstić information content (AvgIpc) is 2.41. The Labute approximate surface area is 135 Å². The number of hydrogen-bond acceptors (Lipinski definition) is 2. The van der Waals surface area contributed by atoms with Crippen LogP contribution in [0.3, 0.4) is 0 Å². The van der Waals surface area contributed by atoms with Crippen LogP contribution in [0.15, 0.2) is 16.6 Å². The molecule has 0 bridgehead atoms. The number of ether oxygens (including phenoxy) is 2. The Kier molecular flexibility index (Phi) is 7.75. The smallest absolute Gasteiger partial charge is 0.162 e. The van der Waals surface area contributed by atoms with Crippen LogP contribution in [-0.4, -0.2) is 13.2 Å². The zero-order valence-corrected chi connectivity index (χ0v) is 15.1. The van der Waals surface area contributed by atoms with Crippen LogP contribution in [0.4, 0.5) is 0 Å². The first kappa shape index (κ1) is 17.6. The second-order valence-corrected chi connectivity index (χ2v) is 6.18. The minimum atomic E-state index is -0.0285. The van der Waals surface area contributed by atoms with E-state index in [0.29, 0.717) is 19.1 Å². The van der Waals surface area contributed by atoms with Gasteiger partial charge >= 0.3 is 0 Å². The Morgan fingerprint density at radius 1 is 1.10 bits per heavy atom. The van der Waals surface area contributed by atoms with Crippen LogP contribution in [-0.2, 0) is 0 Å². The van der Waals surface area contributed by atoms with Gasteiger partial charge in [0.2, 0.25) is 0 Å². The lowest BCUT2D eigenvalue weighted by Gasteiger charge is -2.21. The average molecular weight is 364 g/mol. The van der Waals surface area contributed by atoms with E-state index in [9.17, 15) is 0 Å². The SMILES string of the molecule is CCCC(C)C(Cl)c1cc(OCC)c(OCC)cc1Br. The molecule has 4 heteroatoms. The molecule has 1 aromatic carbocycles. The summed E-state index contributed by atoms with van der Waals surface area (Å²) in [5, 5.41) is -0.0285. The van der Waals surface area contributed by atoms with E-state index in [-0.39, 0.29) is 5.38 Å². The number of alkyl halides is 1. The molecule has 1 aromatic rings. The fourth-order valence-electron chi connectivity index (χ4n) is 2.21. The van der Waals surface area contributed by atoms with E-state index < -0.39 is 0 Å². The lowest BCUT2D eigenvalue weighted by atomic mass is 9.96. The number of hydrogen-bond donors (Lipinski definition) is 0. The molecule has 0 radical (unpaired) electrons. The van der Waals surface area contributed by atoms with E-state index in [1.165, 1.54) is 0 Å². The van der Waals surface area contributed by atoms with Crippen molar-refractivity contribution in [2.75, 3.05) is 13.2 Å². The van der Waals surface area contributed by atoms with E-state index in [1.807, 2.05) is 26.0 Å². The van der Waals surface area contributed by atoms with Crippen molar-refractivity contribution in [3.63, 3.8) is 0 Å². The van der Waals surface area contributed by atoms with Crippen molar-refractivity contribution in [3.8, 4) is 11.5 Å². The Balaban J connectivity index is 3.10. The van der Waals surface area contributed by atoms with E-state index in [4.69, 9.17) is 21.1 Å². The highest BCUT2D eigenvalue weighted by Gasteiger charge is 2.21. The lowest BCUT2D eigenvalue weighted by Crippen LogP contribution is -2.06. The van der Waals surface area contributed by atoms with Crippen LogP contribution in [0.1, 0.15) is 51.5 Å². The molecule has 0 aliphatic rings. The van der Waals surface area contributed by atoms with E-state index in [0.717, 1.165) is 34.4 Å². The molecule has 0 saturated carbocycles. The zero-order valence-electron chi connectivity index (χ0n) is 12.7. The minimum absolute atomic E-state index is 0.0285. The molecule has 0 heterocycles. The maximum atomic E-state index is 6.62. The standard InChI is InChI=1S/C16H24BrClO2/c1-5-8-11(4)16(18)12-9-14(19-6-2)15(20-7-3)10-13(12)17/h9-11,16H,5-8H2,1-4H3. The lowest BCUT2D eigenvalue weighted by molar-refractivity contribution is 0.287. The molecule has 0 saturated heterocycles. The number of halogens is 2. The van der Waals surface area contributed by atoms with Gasteiger partial charge in [0.15, 0.2) is 11.5 Å². The minimum Gasteiger partial charge on any atom is -0.490 e. The van der Waals surface area contributed by atoms with Crippen LogP contribution in [0.2, 0.25) is 0 Å². The summed E-state index contributed by atoms with van der Waals surface area (Å²) in [5.74, 6) is 1.95. The predicted molar refractivity (Wildman–Crippen MR) is 89.1 cm³/mol. The molecule has 0 N–H and O–H groups in total. The molecule has 114 valence electrons. The molecular formula is C16H24BrClO2. The van der Waals surface area contributed by atoms with E-state index in [1.54, 1.807) is 0 Å². The Bertz CT molecular complexity index is 423. The summed E-state index contributed by atoms with van der Waals surface area (Å²) in [4.78, 5) is 0. The summed E-state index contributed by atoms with van der Waals surface area (Å²) < 4.78 is 12.3.